The number of rotatable bonds is 6. The molecule has 174 valence electrons. The first-order valence-corrected chi connectivity index (χ1v) is 10.9. The van der Waals surface area contributed by atoms with Gasteiger partial charge in [-0.2, -0.15) is 4.98 Å². The number of nitrogens with one attached hydrogen (secondary N) is 1. The zero-order valence-corrected chi connectivity index (χ0v) is 18.6. The summed E-state index contributed by atoms with van der Waals surface area (Å²) in [6.45, 7) is 8.62. The number of anilines is 4. The lowest BCUT2D eigenvalue weighted by molar-refractivity contribution is 0.1000. The minimum absolute atomic E-state index is 0.0503. The van der Waals surface area contributed by atoms with Crippen molar-refractivity contribution in [2.24, 2.45) is 5.73 Å². The van der Waals surface area contributed by atoms with Gasteiger partial charge in [0.2, 0.25) is 11.4 Å². The molecular weight excluding hydrogens is 427 g/mol. The first-order valence-electron chi connectivity index (χ1n) is 10.9. The molecule has 1 fully saturated rings. The Balaban J connectivity index is 1.63. The molecule has 0 spiro atoms. The minimum Gasteiger partial charge on any atom is -0.384 e. The summed E-state index contributed by atoms with van der Waals surface area (Å²) in [5.41, 5.74) is 11.7. The van der Waals surface area contributed by atoms with Gasteiger partial charge in [0, 0.05) is 44.6 Å². The fourth-order valence-corrected chi connectivity index (χ4v) is 4.13. The number of aromatic nitrogens is 3. The lowest BCUT2D eigenvalue weighted by atomic mass is 10.1. The summed E-state index contributed by atoms with van der Waals surface area (Å²) in [5, 5.41) is 3.10. The third-order valence-electron chi connectivity index (χ3n) is 5.97. The average Bonchev–Trinajstić information content (AvgIpc) is 2.79. The van der Waals surface area contributed by atoms with Crippen LogP contribution in [0.1, 0.15) is 24.2 Å². The van der Waals surface area contributed by atoms with Crippen molar-refractivity contribution in [3.8, 4) is 0 Å². The molecule has 0 saturated carbocycles. The molecule has 0 atom stereocenters. The topological polar surface area (TPSA) is 135 Å². The standard InChI is InChI=1S/C22H27FN8O2/c1-3-29-7-9-30(10-8-29)16-6-5-13(11-15(16)23)27-22-26-12-14-18(32)17(20(25)33)19(24)31(4-2)21(14)28-22/h5-6,11-12H,3-4,7-10,24H2,1-2H3,(H2,25,33)(H,26,27,28). The average molecular weight is 455 g/mol. The van der Waals surface area contributed by atoms with E-state index in [1.54, 1.807) is 19.1 Å². The molecular formula is C22H27FN8O2. The number of carbonyl (C=O) groups is 1. The molecule has 0 bridgehead atoms. The van der Waals surface area contributed by atoms with Gasteiger partial charge in [-0.15, -0.1) is 0 Å². The Bertz CT molecular complexity index is 1270. The fourth-order valence-electron chi connectivity index (χ4n) is 4.13. The zero-order chi connectivity index (χ0) is 23.7. The van der Waals surface area contributed by atoms with Crippen LogP contribution in [0.2, 0.25) is 0 Å². The first-order chi connectivity index (χ1) is 15.8. The van der Waals surface area contributed by atoms with Gasteiger partial charge in [0.15, 0.2) is 5.65 Å². The molecule has 33 heavy (non-hydrogen) atoms. The van der Waals surface area contributed by atoms with Crippen LogP contribution in [-0.4, -0.2) is 58.1 Å². The number of nitrogen functional groups attached to an aromatic ring is 1. The van der Waals surface area contributed by atoms with Crippen LogP contribution in [0, 0.1) is 5.82 Å². The van der Waals surface area contributed by atoms with Crippen molar-refractivity contribution in [3.63, 3.8) is 0 Å². The third-order valence-corrected chi connectivity index (χ3v) is 5.97. The Hall–Kier alpha value is -3.73. The van der Waals surface area contributed by atoms with Gasteiger partial charge in [0.25, 0.3) is 5.91 Å². The number of benzene rings is 1. The predicted molar refractivity (Wildman–Crippen MR) is 126 cm³/mol. The Morgan fingerprint density at radius 2 is 1.91 bits per heavy atom. The first kappa shape index (κ1) is 22.5. The van der Waals surface area contributed by atoms with Crippen LogP contribution in [-0.2, 0) is 6.54 Å². The van der Waals surface area contributed by atoms with Gasteiger partial charge in [-0.3, -0.25) is 9.59 Å². The summed E-state index contributed by atoms with van der Waals surface area (Å²) in [6.07, 6.45) is 1.31. The number of amides is 1. The summed E-state index contributed by atoms with van der Waals surface area (Å²) in [7, 11) is 0. The van der Waals surface area contributed by atoms with E-state index in [0.29, 0.717) is 17.9 Å². The number of piperazine rings is 1. The van der Waals surface area contributed by atoms with Crippen LogP contribution in [0.4, 0.5) is 27.5 Å². The number of pyridine rings is 1. The number of nitrogens with two attached hydrogens (primary N) is 2. The normalized spacial score (nSPS) is 14.6. The van der Waals surface area contributed by atoms with Crippen LogP contribution < -0.4 is 27.1 Å². The number of carbonyl (C=O) groups excluding carboxylic acids is 1. The molecule has 0 unspecified atom stereocenters. The number of likely N-dealkylation sites (N-methyl/N-ethyl adjacent to an activating group) is 1. The Labute approximate surface area is 190 Å². The molecule has 1 aliphatic rings. The van der Waals surface area contributed by atoms with Crippen molar-refractivity contribution < 1.29 is 9.18 Å². The highest BCUT2D eigenvalue weighted by molar-refractivity contribution is 6.00. The summed E-state index contributed by atoms with van der Waals surface area (Å²) in [6, 6.07) is 4.89. The summed E-state index contributed by atoms with van der Waals surface area (Å²) >= 11 is 0. The van der Waals surface area contributed by atoms with Crippen molar-refractivity contribution in [1.82, 2.24) is 19.4 Å². The molecule has 1 aliphatic heterocycles. The molecule has 1 amide bonds. The van der Waals surface area contributed by atoms with Crippen molar-refractivity contribution in [2.75, 3.05) is 48.7 Å². The monoisotopic (exact) mass is 454 g/mol. The second-order valence-corrected chi connectivity index (χ2v) is 7.84. The second-order valence-electron chi connectivity index (χ2n) is 7.84. The lowest BCUT2D eigenvalue weighted by Crippen LogP contribution is -2.46. The van der Waals surface area contributed by atoms with E-state index in [0.717, 1.165) is 32.7 Å². The second kappa shape index (κ2) is 9.02. The molecule has 3 heterocycles. The third kappa shape index (κ3) is 4.19. The van der Waals surface area contributed by atoms with E-state index in [1.165, 1.54) is 16.8 Å². The van der Waals surface area contributed by atoms with E-state index in [4.69, 9.17) is 11.5 Å². The van der Waals surface area contributed by atoms with E-state index in [1.807, 2.05) is 4.90 Å². The summed E-state index contributed by atoms with van der Waals surface area (Å²) < 4.78 is 16.4. The number of fused-ring (bicyclic) bond motifs is 1. The lowest BCUT2D eigenvalue weighted by Gasteiger charge is -2.35. The molecule has 4 rings (SSSR count). The highest BCUT2D eigenvalue weighted by Crippen LogP contribution is 2.26. The zero-order valence-electron chi connectivity index (χ0n) is 18.6. The van der Waals surface area contributed by atoms with Gasteiger partial charge in [-0.1, -0.05) is 6.92 Å². The van der Waals surface area contributed by atoms with E-state index in [-0.39, 0.29) is 34.2 Å². The maximum Gasteiger partial charge on any atom is 0.256 e. The molecule has 0 radical (unpaired) electrons. The Morgan fingerprint density at radius 1 is 1.18 bits per heavy atom. The Morgan fingerprint density at radius 3 is 2.52 bits per heavy atom. The minimum atomic E-state index is -0.907. The van der Waals surface area contributed by atoms with Gasteiger partial charge >= 0.3 is 0 Å². The number of halogens is 1. The summed E-state index contributed by atoms with van der Waals surface area (Å²) in [4.78, 5) is 37.3. The van der Waals surface area contributed by atoms with Gasteiger partial charge < -0.3 is 31.2 Å². The van der Waals surface area contributed by atoms with Crippen LogP contribution >= 0.6 is 0 Å². The SMILES string of the molecule is CCN1CCN(c2ccc(Nc3ncc4c(=O)c(C(N)=O)c(N)n(CC)c4n3)cc2F)CC1. The number of primary amides is 1. The van der Waals surface area contributed by atoms with Crippen LogP contribution in [0.25, 0.3) is 11.0 Å². The van der Waals surface area contributed by atoms with E-state index >= 15 is 0 Å². The van der Waals surface area contributed by atoms with Crippen LogP contribution in [0.5, 0.6) is 0 Å². The summed E-state index contributed by atoms with van der Waals surface area (Å²) in [5.74, 6) is -1.13. The molecule has 0 aliphatic carbocycles. The smallest absolute Gasteiger partial charge is 0.256 e. The van der Waals surface area contributed by atoms with Crippen molar-refractivity contribution >= 4 is 40.1 Å². The number of hydrogen-bond acceptors (Lipinski definition) is 8. The molecule has 1 aromatic carbocycles. The molecule has 11 heteroatoms. The van der Waals surface area contributed by atoms with Gasteiger partial charge in [0.05, 0.1) is 11.1 Å². The quantitative estimate of drug-likeness (QED) is 0.510. The predicted octanol–water partition coefficient (Wildman–Crippen LogP) is 1.52. The van der Waals surface area contributed by atoms with Gasteiger partial charge in [0.1, 0.15) is 17.2 Å². The maximum atomic E-state index is 14.9. The molecule has 1 saturated heterocycles. The highest BCUT2D eigenvalue weighted by atomic mass is 19.1. The van der Waals surface area contributed by atoms with E-state index in [2.05, 4.69) is 27.1 Å². The largest absolute Gasteiger partial charge is 0.384 e. The van der Waals surface area contributed by atoms with Crippen LogP contribution in [0.3, 0.4) is 0 Å². The van der Waals surface area contributed by atoms with E-state index in [9.17, 15) is 14.0 Å². The van der Waals surface area contributed by atoms with Gasteiger partial charge in [-0.25, -0.2) is 9.37 Å². The van der Waals surface area contributed by atoms with Gasteiger partial charge in [-0.05, 0) is 31.7 Å². The highest BCUT2D eigenvalue weighted by Gasteiger charge is 2.21. The van der Waals surface area contributed by atoms with Crippen LogP contribution in [0.15, 0.2) is 29.2 Å². The number of nitrogens with zero attached hydrogens (tertiary/aromatic N) is 5. The Kier molecular flexibility index (Phi) is 6.14. The molecule has 2 aromatic heterocycles. The fraction of sp³-hybridized carbons (Fsp3) is 0.364. The number of hydrogen-bond donors (Lipinski definition) is 3. The van der Waals surface area contributed by atoms with E-state index < -0.39 is 11.3 Å². The van der Waals surface area contributed by atoms with Crippen molar-refractivity contribution in [2.45, 2.75) is 20.4 Å². The molecule has 10 nitrogen and oxygen atoms in total. The number of aryl methyl sites for hydroxylation is 1. The molecule has 5 N–H and O–H groups in total. The molecule has 3 aromatic rings. The van der Waals surface area contributed by atoms with Crippen molar-refractivity contribution in [1.29, 1.82) is 0 Å². The van der Waals surface area contributed by atoms with Crippen molar-refractivity contribution in [3.05, 3.63) is 46.0 Å². The maximum absolute atomic E-state index is 14.9.